The lowest BCUT2D eigenvalue weighted by Gasteiger charge is -2.11. The van der Waals surface area contributed by atoms with Gasteiger partial charge in [-0.1, -0.05) is 23.5 Å². The third-order valence-electron chi connectivity index (χ3n) is 5.87. The Morgan fingerprint density at radius 1 is 0.892 bits per heavy atom. The molecule has 0 aromatic carbocycles. The van der Waals surface area contributed by atoms with Crippen molar-refractivity contribution in [2.75, 3.05) is 13.2 Å². The summed E-state index contributed by atoms with van der Waals surface area (Å²) in [4.78, 5) is 37.0. The lowest BCUT2D eigenvalue weighted by atomic mass is 9.96. The van der Waals surface area contributed by atoms with Gasteiger partial charge in [-0.25, -0.2) is 19.6 Å². The molecule has 4 aromatic rings. The van der Waals surface area contributed by atoms with Gasteiger partial charge in [-0.2, -0.15) is 0 Å². The zero-order valence-corrected chi connectivity index (χ0v) is 22.3. The van der Waals surface area contributed by atoms with E-state index in [1.165, 1.54) is 23.0 Å². The van der Waals surface area contributed by atoms with E-state index in [4.69, 9.17) is 28.3 Å². The highest BCUT2D eigenvalue weighted by molar-refractivity contribution is 7.99. The summed E-state index contributed by atoms with van der Waals surface area (Å²) in [6, 6.07) is 6.81. The fourth-order valence-electron chi connectivity index (χ4n) is 4.22. The maximum absolute atomic E-state index is 12.0. The summed E-state index contributed by atoms with van der Waals surface area (Å²) in [5.41, 5.74) is 3.34. The van der Waals surface area contributed by atoms with Crippen LogP contribution in [0.4, 0.5) is 0 Å². The molecule has 0 saturated heterocycles. The van der Waals surface area contributed by atoms with Crippen LogP contribution in [0.1, 0.15) is 70.6 Å². The molecule has 0 amide bonds. The van der Waals surface area contributed by atoms with Crippen molar-refractivity contribution in [2.45, 2.75) is 61.2 Å². The lowest BCUT2D eigenvalue weighted by Crippen LogP contribution is -2.02. The number of carbonyl (C=O) groups excluding carboxylic acids is 2. The second-order valence-electron chi connectivity index (χ2n) is 8.37. The molecule has 1 N–H and O–H groups in total. The second-order valence-corrected chi connectivity index (χ2v) is 10.3. The smallest absolute Gasteiger partial charge is 0.374 e. The zero-order valence-electron chi connectivity index (χ0n) is 20.6. The average Bonchev–Trinajstić information content (AvgIpc) is 3.64. The minimum Gasteiger partial charge on any atom is -0.460 e. The number of thioether (sulfide) groups is 2. The molecule has 0 aliphatic heterocycles. The molecule has 0 saturated carbocycles. The van der Waals surface area contributed by atoms with Crippen molar-refractivity contribution in [1.29, 1.82) is 0 Å². The van der Waals surface area contributed by atoms with Crippen molar-refractivity contribution in [2.24, 2.45) is 0 Å². The van der Waals surface area contributed by atoms with Crippen LogP contribution in [0.25, 0.3) is 11.0 Å². The van der Waals surface area contributed by atoms with Gasteiger partial charge in [0.1, 0.15) is 22.2 Å². The van der Waals surface area contributed by atoms with Gasteiger partial charge in [0.25, 0.3) is 0 Å². The first-order valence-electron chi connectivity index (χ1n) is 12.2. The van der Waals surface area contributed by atoms with E-state index in [1.54, 1.807) is 49.9 Å². The monoisotopic (exact) mass is 541 g/mol. The standard InChI is InChI=1S/C26H27N3O6S2/c1-3-32-24(30)19-11-9-15(34-19)13-36-23-21-17-7-5-6-8-18(17)27-22(21)28-26(29-23)37-14-16-10-12-20(35-16)25(31)33-4-2/h9-12H,3-8,13-14H2,1-2H3,(H,27,28,29). The maximum atomic E-state index is 12.0. The Morgan fingerprint density at radius 2 is 1.51 bits per heavy atom. The number of nitrogens with one attached hydrogen (secondary N) is 1. The first-order valence-corrected chi connectivity index (χ1v) is 14.2. The van der Waals surface area contributed by atoms with Crippen molar-refractivity contribution >= 4 is 46.5 Å². The summed E-state index contributed by atoms with van der Waals surface area (Å²) in [5, 5.41) is 2.53. The van der Waals surface area contributed by atoms with Crippen LogP contribution in [0.15, 0.2) is 43.3 Å². The normalized spacial score (nSPS) is 13.0. The van der Waals surface area contributed by atoms with Gasteiger partial charge in [0.2, 0.25) is 11.5 Å². The number of rotatable bonds is 10. The van der Waals surface area contributed by atoms with Crippen LogP contribution in [-0.4, -0.2) is 40.1 Å². The minimum atomic E-state index is -0.476. The molecule has 4 heterocycles. The van der Waals surface area contributed by atoms with Gasteiger partial charge < -0.3 is 23.3 Å². The van der Waals surface area contributed by atoms with Crippen molar-refractivity contribution < 1.29 is 27.9 Å². The largest absolute Gasteiger partial charge is 0.460 e. The number of furan rings is 2. The van der Waals surface area contributed by atoms with Crippen molar-refractivity contribution in [1.82, 2.24) is 15.0 Å². The molecule has 0 spiro atoms. The number of nitrogens with zero attached hydrogens (tertiary/aromatic N) is 2. The molecule has 37 heavy (non-hydrogen) atoms. The molecule has 0 radical (unpaired) electrons. The molecule has 194 valence electrons. The third kappa shape index (κ3) is 5.72. The molecule has 0 fully saturated rings. The van der Waals surface area contributed by atoms with Crippen LogP contribution in [0, 0.1) is 0 Å². The van der Waals surface area contributed by atoms with Crippen molar-refractivity contribution in [3.63, 3.8) is 0 Å². The summed E-state index contributed by atoms with van der Waals surface area (Å²) in [5.74, 6) is 1.72. The van der Waals surface area contributed by atoms with E-state index in [2.05, 4.69) is 4.98 Å². The van der Waals surface area contributed by atoms with Gasteiger partial charge in [-0.3, -0.25) is 0 Å². The molecular weight excluding hydrogens is 514 g/mol. The molecule has 11 heteroatoms. The lowest BCUT2D eigenvalue weighted by molar-refractivity contribution is 0.0480. The van der Waals surface area contributed by atoms with E-state index >= 15 is 0 Å². The molecule has 1 aliphatic carbocycles. The molecule has 0 unspecified atom stereocenters. The fourth-order valence-corrected chi connectivity index (χ4v) is 5.97. The quantitative estimate of drug-likeness (QED) is 0.111. The van der Waals surface area contributed by atoms with Gasteiger partial charge in [0, 0.05) is 5.69 Å². The van der Waals surface area contributed by atoms with Gasteiger partial charge in [0.15, 0.2) is 5.16 Å². The number of carbonyl (C=O) groups is 2. The Kier molecular flexibility index (Phi) is 7.90. The molecule has 1 aliphatic rings. The highest BCUT2D eigenvalue weighted by Gasteiger charge is 2.22. The van der Waals surface area contributed by atoms with Crippen LogP contribution in [-0.2, 0) is 33.8 Å². The minimum absolute atomic E-state index is 0.183. The van der Waals surface area contributed by atoms with Crippen LogP contribution < -0.4 is 0 Å². The van der Waals surface area contributed by atoms with Gasteiger partial charge in [-0.05, 0) is 69.4 Å². The van der Waals surface area contributed by atoms with E-state index in [9.17, 15) is 9.59 Å². The fraction of sp³-hybridized carbons (Fsp3) is 0.385. The number of fused-ring (bicyclic) bond motifs is 3. The number of aromatic nitrogens is 3. The molecule has 9 nitrogen and oxygen atoms in total. The summed E-state index contributed by atoms with van der Waals surface area (Å²) < 4.78 is 21.3. The topological polar surface area (TPSA) is 120 Å². The summed E-state index contributed by atoms with van der Waals surface area (Å²) in [7, 11) is 0. The van der Waals surface area contributed by atoms with Gasteiger partial charge in [0.05, 0.1) is 30.1 Å². The Bertz CT molecular complexity index is 1420. The molecule has 4 aromatic heterocycles. The number of hydrogen-bond donors (Lipinski definition) is 1. The number of hydrogen-bond acceptors (Lipinski definition) is 10. The van der Waals surface area contributed by atoms with E-state index in [-0.39, 0.29) is 11.5 Å². The third-order valence-corrected chi connectivity index (χ3v) is 7.73. The van der Waals surface area contributed by atoms with E-state index in [1.807, 2.05) is 0 Å². The van der Waals surface area contributed by atoms with E-state index in [0.717, 1.165) is 41.7 Å². The number of aromatic amines is 1. The number of esters is 2. The first kappa shape index (κ1) is 25.5. The Hall–Kier alpha value is -3.18. The number of H-pyrrole nitrogens is 1. The highest BCUT2D eigenvalue weighted by atomic mass is 32.2. The highest BCUT2D eigenvalue weighted by Crippen LogP contribution is 2.37. The molecule has 0 atom stereocenters. The maximum Gasteiger partial charge on any atom is 0.374 e. The Morgan fingerprint density at radius 3 is 2.16 bits per heavy atom. The molecule has 0 bridgehead atoms. The van der Waals surface area contributed by atoms with E-state index in [0.29, 0.717) is 41.4 Å². The predicted octanol–water partition coefficient (Wildman–Crippen LogP) is 5.96. The van der Waals surface area contributed by atoms with Crippen molar-refractivity contribution in [3.05, 3.63) is 58.6 Å². The molecule has 5 rings (SSSR count). The predicted molar refractivity (Wildman–Crippen MR) is 139 cm³/mol. The molecular formula is C26H27N3O6S2. The Labute approximate surface area is 222 Å². The van der Waals surface area contributed by atoms with Crippen molar-refractivity contribution in [3.8, 4) is 0 Å². The second kappa shape index (κ2) is 11.5. The number of aryl methyl sites for hydroxylation is 2. The SMILES string of the molecule is CCOC(=O)c1ccc(CSc2nc(SCc3ccc(C(=O)OCC)o3)c3c4c([nH]c3n2)CCCC4)o1. The van der Waals surface area contributed by atoms with Gasteiger partial charge >= 0.3 is 11.9 Å². The number of ether oxygens (including phenoxy) is 2. The summed E-state index contributed by atoms with van der Waals surface area (Å²) in [6.45, 7) is 4.10. The summed E-state index contributed by atoms with van der Waals surface area (Å²) >= 11 is 2.99. The van der Waals surface area contributed by atoms with Crippen LogP contribution in [0.5, 0.6) is 0 Å². The summed E-state index contributed by atoms with van der Waals surface area (Å²) in [6.07, 6.45) is 4.29. The van der Waals surface area contributed by atoms with Crippen LogP contribution in [0.2, 0.25) is 0 Å². The van der Waals surface area contributed by atoms with E-state index < -0.39 is 11.9 Å². The average molecular weight is 542 g/mol. The van der Waals surface area contributed by atoms with Crippen LogP contribution in [0.3, 0.4) is 0 Å². The van der Waals surface area contributed by atoms with Gasteiger partial charge in [-0.15, -0.1) is 0 Å². The first-order chi connectivity index (χ1) is 18.1. The zero-order chi connectivity index (χ0) is 25.8. The Balaban J connectivity index is 1.37. The van der Waals surface area contributed by atoms with Crippen LogP contribution >= 0.6 is 23.5 Å².